The second-order valence-electron chi connectivity index (χ2n) is 4.93. The van der Waals surface area contributed by atoms with Crippen LogP contribution in [0.5, 0.6) is 0 Å². The molecule has 1 unspecified atom stereocenters. The summed E-state index contributed by atoms with van der Waals surface area (Å²) < 4.78 is 0. The highest BCUT2D eigenvalue weighted by Gasteiger charge is 2.34. The molecule has 2 saturated heterocycles. The predicted octanol–water partition coefficient (Wildman–Crippen LogP) is 0.710. The predicted molar refractivity (Wildman–Crippen MR) is 55.9 cm³/mol. The van der Waals surface area contributed by atoms with Crippen LogP contribution in [0.25, 0.3) is 0 Å². The number of rotatable bonds is 2. The van der Waals surface area contributed by atoms with Crippen molar-refractivity contribution in [2.24, 2.45) is 17.8 Å². The molecule has 0 spiro atoms. The van der Waals surface area contributed by atoms with Gasteiger partial charge in [-0.15, -0.1) is 0 Å². The van der Waals surface area contributed by atoms with Crippen LogP contribution in [0.1, 0.15) is 20.3 Å². The zero-order valence-corrected chi connectivity index (χ0v) is 9.12. The molecule has 3 nitrogen and oxygen atoms in total. The summed E-state index contributed by atoms with van der Waals surface area (Å²) in [5.74, 6) is 2.10. The van der Waals surface area contributed by atoms with Gasteiger partial charge in [-0.1, -0.05) is 13.8 Å². The molecule has 0 saturated carbocycles. The fourth-order valence-corrected chi connectivity index (χ4v) is 2.25. The Kier molecular flexibility index (Phi) is 2.77. The summed E-state index contributed by atoms with van der Waals surface area (Å²) in [6.07, 6.45) is 1.20. The van der Waals surface area contributed by atoms with Crippen molar-refractivity contribution in [1.82, 2.24) is 10.2 Å². The molecule has 2 aliphatic heterocycles. The highest BCUT2D eigenvalue weighted by atomic mass is 16.2. The van der Waals surface area contributed by atoms with Gasteiger partial charge in [-0.25, -0.2) is 0 Å². The number of carbonyl (C=O) groups is 1. The highest BCUT2D eigenvalue weighted by molar-refractivity contribution is 5.80. The van der Waals surface area contributed by atoms with E-state index in [0.29, 0.717) is 11.8 Å². The summed E-state index contributed by atoms with van der Waals surface area (Å²) in [5, 5.41) is 3.15. The Morgan fingerprint density at radius 3 is 2.57 bits per heavy atom. The molecule has 0 aromatic heterocycles. The first-order chi connectivity index (χ1) is 6.68. The van der Waals surface area contributed by atoms with Gasteiger partial charge < -0.3 is 10.2 Å². The highest BCUT2D eigenvalue weighted by Crippen LogP contribution is 2.25. The molecule has 0 aromatic carbocycles. The first kappa shape index (κ1) is 9.97. The molecule has 0 aromatic rings. The van der Waals surface area contributed by atoms with E-state index in [1.165, 1.54) is 6.42 Å². The van der Waals surface area contributed by atoms with Gasteiger partial charge in [0.1, 0.15) is 0 Å². The summed E-state index contributed by atoms with van der Waals surface area (Å²) in [6, 6.07) is 0. The molecular formula is C11H20N2O. The van der Waals surface area contributed by atoms with E-state index < -0.39 is 0 Å². The van der Waals surface area contributed by atoms with E-state index in [1.54, 1.807) is 0 Å². The van der Waals surface area contributed by atoms with Gasteiger partial charge in [0.25, 0.3) is 0 Å². The van der Waals surface area contributed by atoms with Gasteiger partial charge in [0.2, 0.25) is 5.91 Å². The minimum Gasteiger partial charge on any atom is -0.342 e. The SMILES string of the molecule is CC(C)C1CCN(C(=O)C2CNC2)C1. The molecule has 3 heteroatoms. The maximum absolute atomic E-state index is 11.9. The number of hydrogen-bond donors (Lipinski definition) is 1. The molecule has 2 rings (SSSR count). The van der Waals surface area contributed by atoms with Crippen LogP contribution in [0.15, 0.2) is 0 Å². The quantitative estimate of drug-likeness (QED) is 0.705. The van der Waals surface area contributed by atoms with Crippen LogP contribution in [-0.2, 0) is 4.79 Å². The zero-order chi connectivity index (χ0) is 10.1. The summed E-state index contributed by atoms with van der Waals surface area (Å²) in [4.78, 5) is 13.9. The summed E-state index contributed by atoms with van der Waals surface area (Å²) in [7, 11) is 0. The van der Waals surface area contributed by atoms with Gasteiger partial charge in [0.15, 0.2) is 0 Å². The Hall–Kier alpha value is -0.570. The van der Waals surface area contributed by atoms with Crippen molar-refractivity contribution in [3.63, 3.8) is 0 Å². The third-order valence-electron chi connectivity index (χ3n) is 3.61. The third kappa shape index (κ3) is 1.78. The van der Waals surface area contributed by atoms with Gasteiger partial charge in [-0.3, -0.25) is 4.79 Å². The Morgan fingerprint density at radius 2 is 2.14 bits per heavy atom. The first-order valence-corrected chi connectivity index (χ1v) is 5.68. The maximum Gasteiger partial charge on any atom is 0.228 e. The van der Waals surface area contributed by atoms with Gasteiger partial charge in [-0.2, -0.15) is 0 Å². The fourth-order valence-electron chi connectivity index (χ4n) is 2.25. The average Bonchev–Trinajstić information content (AvgIpc) is 2.48. The van der Waals surface area contributed by atoms with E-state index in [2.05, 4.69) is 24.1 Å². The van der Waals surface area contributed by atoms with E-state index in [1.807, 2.05) is 0 Å². The lowest BCUT2D eigenvalue weighted by Gasteiger charge is -2.30. The van der Waals surface area contributed by atoms with Crippen molar-refractivity contribution in [2.75, 3.05) is 26.2 Å². The number of nitrogens with one attached hydrogen (secondary N) is 1. The zero-order valence-electron chi connectivity index (χ0n) is 9.12. The van der Waals surface area contributed by atoms with Crippen molar-refractivity contribution >= 4 is 5.91 Å². The third-order valence-corrected chi connectivity index (χ3v) is 3.61. The summed E-state index contributed by atoms with van der Waals surface area (Å²) in [6.45, 7) is 8.27. The minimum absolute atomic E-state index is 0.279. The van der Waals surface area contributed by atoms with Crippen molar-refractivity contribution in [2.45, 2.75) is 20.3 Å². The number of carbonyl (C=O) groups excluding carboxylic acids is 1. The molecule has 2 heterocycles. The lowest BCUT2D eigenvalue weighted by atomic mass is 9.95. The molecule has 0 bridgehead atoms. The maximum atomic E-state index is 11.9. The largest absolute Gasteiger partial charge is 0.342 e. The number of likely N-dealkylation sites (tertiary alicyclic amines) is 1. The van der Waals surface area contributed by atoms with Gasteiger partial charge >= 0.3 is 0 Å². The van der Waals surface area contributed by atoms with E-state index in [9.17, 15) is 4.79 Å². The van der Waals surface area contributed by atoms with E-state index in [4.69, 9.17) is 0 Å². The minimum atomic E-state index is 0.279. The number of hydrogen-bond acceptors (Lipinski definition) is 2. The lowest BCUT2D eigenvalue weighted by Crippen LogP contribution is -2.51. The molecule has 80 valence electrons. The van der Waals surface area contributed by atoms with Crippen LogP contribution in [0.3, 0.4) is 0 Å². The van der Waals surface area contributed by atoms with Crippen molar-refractivity contribution in [3.8, 4) is 0 Å². The van der Waals surface area contributed by atoms with Crippen molar-refractivity contribution in [3.05, 3.63) is 0 Å². The molecule has 2 fully saturated rings. The van der Waals surface area contributed by atoms with E-state index in [0.717, 1.165) is 32.1 Å². The summed E-state index contributed by atoms with van der Waals surface area (Å²) >= 11 is 0. The molecule has 1 N–H and O–H groups in total. The molecule has 1 atom stereocenters. The van der Waals surface area contributed by atoms with Crippen LogP contribution in [0.2, 0.25) is 0 Å². The van der Waals surface area contributed by atoms with Crippen LogP contribution >= 0.6 is 0 Å². The Morgan fingerprint density at radius 1 is 1.43 bits per heavy atom. The second kappa shape index (κ2) is 3.89. The molecular weight excluding hydrogens is 176 g/mol. The second-order valence-corrected chi connectivity index (χ2v) is 4.93. The fraction of sp³-hybridized carbons (Fsp3) is 0.909. The lowest BCUT2D eigenvalue weighted by molar-refractivity contribution is -0.136. The van der Waals surface area contributed by atoms with Gasteiger partial charge in [0.05, 0.1) is 5.92 Å². The van der Waals surface area contributed by atoms with E-state index >= 15 is 0 Å². The Bertz CT molecular complexity index is 223. The molecule has 1 amide bonds. The van der Waals surface area contributed by atoms with Crippen molar-refractivity contribution < 1.29 is 4.79 Å². The van der Waals surface area contributed by atoms with E-state index in [-0.39, 0.29) is 5.92 Å². The Balaban J connectivity index is 1.85. The molecule has 0 aliphatic carbocycles. The smallest absolute Gasteiger partial charge is 0.228 e. The monoisotopic (exact) mass is 196 g/mol. The summed E-state index contributed by atoms with van der Waals surface area (Å²) in [5.41, 5.74) is 0. The van der Waals surface area contributed by atoms with Gasteiger partial charge in [-0.05, 0) is 18.3 Å². The topological polar surface area (TPSA) is 32.3 Å². The van der Waals surface area contributed by atoms with Crippen LogP contribution in [0.4, 0.5) is 0 Å². The standard InChI is InChI=1S/C11H20N2O/c1-8(2)9-3-4-13(7-9)11(14)10-5-12-6-10/h8-10,12H,3-7H2,1-2H3. The molecule has 14 heavy (non-hydrogen) atoms. The number of amides is 1. The normalized spacial score (nSPS) is 28.2. The molecule has 2 aliphatic rings. The van der Waals surface area contributed by atoms with Crippen molar-refractivity contribution in [1.29, 1.82) is 0 Å². The number of nitrogens with zero attached hydrogens (tertiary/aromatic N) is 1. The first-order valence-electron chi connectivity index (χ1n) is 5.68. The van der Waals surface area contributed by atoms with Crippen LogP contribution in [-0.4, -0.2) is 37.0 Å². The van der Waals surface area contributed by atoms with Crippen LogP contribution in [0, 0.1) is 17.8 Å². The van der Waals surface area contributed by atoms with Crippen LogP contribution < -0.4 is 5.32 Å². The Labute approximate surface area is 85.8 Å². The average molecular weight is 196 g/mol. The van der Waals surface area contributed by atoms with Gasteiger partial charge in [0, 0.05) is 26.2 Å². The molecule has 0 radical (unpaired) electrons.